The molecular formula is C17H23N3O2. The standard InChI is InChI=1S/C17H23N3O2/c1-4-9-20-17(21)15(18)10-16(19-20)13-5-7-14(8-6-13)22-11-12(2)3/h5-8,10,12H,4,9,11,18H2,1-3H3. The smallest absolute Gasteiger partial charge is 0.289 e. The van der Waals surface area contributed by atoms with Gasteiger partial charge in [0.05, 0.1) is 12.3 Å². The predicted molar refractivity (Wildman–Crippen MR) is 89.0 cm³/mol. The summed E-state index contributed by atoms with van der Waals surface area (Å²) in [6.45, 7) is 7.46. The fourth-order valence-corrected chi connectivity index (χ4v) is 2.05. The van der Waals surface area contributed by atoms with Crippen molar-refractivity contribution in [3.8, 4) is 17.0 Å². The van der Waals surface area contributed by atoms with Gasteiger partial charge in [-0.1, -0.05) is 20.8 Å². The third-order valence-electron chi connectivity index (χ3n) is 3.17. The lowest BCUT2D eigenvalue weighted by molar-refractivity contribution is 0.271. The predicted octanol–water partition coefficient (Wildman–Crippen LogP) is 2.94. The Morgan fingerprint density at radius 3 is 2.55 bits per heavy atom. The van der Waals surface area contributed by atoms with Crippen LogP contribution in [-0.4, -0.2) is 16.4 Å². The van der Waals surface area contributed by atoms with Gasteiger partial charge in [-0.05, 0) is 42.7 Å². The van der Waals surface area contributed by atoms with Gasteiger partial charge >= 0.3 is 0 Å². The molecule has 0 radical (unpaired) electrons. The van der Waals surface area contributed by atoms with Gasteiger partial charge in [0.2, 0.25) is 0 Å². The molecule has 0 aliphatic heterocycles. The van der Waals surface area contributed by atoms with E-state index in [0.29, 0.717) is 24.8 Å². The van der Waals surface area contributed by atoms with Crippen molar-refractivity contribution in [1.29, 1.82) is 0 Å². The highest BCUT2D eigenvalue weighted by Gasteiger charge is 2.07. The number of hydrogen-bond acceptors (Lipinski definition) is 4. The minimum absolute atomic E-state index is 0.221. The normalized spacial score (nSPS) is 10.9. The van der Waals surface area contributed by atoms with Crippen molar-refractivity contribution in [3.05, 3.63) is 40.7 Å². The lowest BCUT2D eigenvalue weighted by Crippen LogP contribution is -2.25. The number of rotatable bonds is 6. The molecule has 0 aliphatic rings. The number of nitrogens with two attached hydrogens (primary N) is 1. The summed E-state index contributed by atoms with van der Waals surface area (Å²) in [6.07, 6.45) is 0.831. The summed E-state index contributed by atoms with van der Waals surface area (Å²) in [4.78, 5) is 11.9. The van der Waals surface area contributed by atoms with Gasteiger partial charge in [0.25, 0.3) is 5.56 Å². The topological polar surface area (TPSA) is 70.1 Å². The van der Waals surface area contributed by atoms with Crippen LogP contribution in [0.25, 0.3) is 11.3 Å². The van der Waals surface area contributed by atoms with Crippen molar-refractivity contribution >= 4 is 5.69 Å². The molecule has 2 aromatic rings. The molecule has 22 heavy (non-hydrogen) atoms. The molecule has 118 valence electrons. The van der Waals surface area contributed by atoms with Crippen LogP contribution in [0.15, 0.2) is 35.1 Å². The van der Waals surface area contributed by atoms with Gasteiger partial charge in [-0.15, -0.1) is 0 Å². The molecular weight excluding hydrogens is 278 g/mol. The summed E-state index contributed by atoms with van der Waals surface area (Å²) in [5, 5.41) is 4.38. The lowest BCUT2D eigenvalue weighted by atomic mass is 10.1. The summed E-state index contributed by atoms with van der Waals surface area (Å²) in [7, 11) is 0. The lowest BCUT2D eigenvalue weighted by Gasteiger charge is -2.10. The number of nitrogens with zero attached hydrogens (tertiary/aromatic N) is 2. The summed E-state index contributed by atoms with van der Waals surface area (Å²) in [5.41, 5.74) is 7.39. The van der Waals surface area contributed by atoms with E-state index in [2.05, 4.69) is 18.9 Å². The molecule has 0 bridgehead atoms. The van der Waals surface area contributed by atoms with E-state index >= 15 is 0 Å². The number of hydrogen-bond donors (Lipinski definition) is 1. The van der Waals surface area contributed by atoms with Crippen molar-refractivity contribution in [1.82, 2.24) is 9.78 Å². The van der Waals surface area contributed by atoms with E-state index in [-0.39, 0.29) is 11.2 Å². The molecule has 0 saturated carbocycles. The molecule has 0 unspecified atom stereocenters. The average molecular weight is 301 g/mol. The van der Waals surface area contributed by atoms with Gasteiger partial charge in [-0.25, -0.2) is 4.68 Å². The summed E-state index contributed by atoms with van der Waals surface area (Å²) in [5.74, 6) is 1.31. The number of anilines is 1. The molecule has 1 aromatic heterocycles. The fraction of sp³-hybridized carbons (Fsp3) is 0.412. The maximum atomic E-state index is 11.9. The first-order valence-electron chi connectivity index (χ1n) is 7.62. The van der Waals surface area contributed by atoms with Crippen LogP contribution in [0.2, 0.25) is 0 Å². The first-order chi connectivity index (χ1) is 10.5. The highest BCUT2D eigenvalue weighted by Crippen LogP contribution is 2.21. The van der Waals surface area contributed by atoms with Crippen LogP contribution in [0, 0.1) is 5.92 Å². The SMILES string of the molecule is CCCn1nc(-c2ccc(OCC(C)C)cc2)cc(N)c1=O. The van der Waals surface area contributed by atoms with Crippen molar-refractivity contribution < 1.29 is 4.74 Å². The zero-order chi connectivity index (χ0) is 16.1. The van der Waals surface area contributed by atoms with Crippen LogP contribution in [0.3, 0.4) is 0 Å². The van der Waals surface area contributed by atoms with Gasteiger partial charge in [0.1, 0.15) is 11.4 Å². The van der Waals surface area contributed by atoms with Crippen LogP contribution >= 0.6 is 0 Å². The molecule has 0 spiro atoms. The van der Waals surface area contributed by atoms with Crippen LogP contribution < -0.4 is 16.0 Å². The Kier molecular flexibility index (Phi) is 5.20. The number of aromatic nitrogens is 2. The van der Waals surface area contributed by atoms with E-state index < -0.39 is 0 Å². The van der Waals surface area contributed by atoms with E-state index in [1.807, 2.05) is 31.2 Å². The average Bonchev–Trinajstić information content (AvgIpc) is 2.50. The quantitative estimate of drug-likeness (QED) is 0.890. The Morgan fingerprint density at radius 2 is 1.95 bits per heavy atom. The Balaban J connectivity index is 2.26. The molecule has 0 amide bonds. The zero-order valence-electron chi connectivity index (χ0n) is 13.4. The second kappa shape index (κ2) is 7.11. The molecule has 1 aromatic carbocycles. The summed E-state index contributed by atoms with van der Waals surface area (Å²) in [6, 6.07) is 9.30. The number of benzene rings is 1. The maximum absolute atomic E-state index is 11.9. The number of nitrogen functional groups attached to an aromatic ring is 1. The number of aryl methyl sites for hydroxylation is 1. The largest absolute Gasteiger partial charge is 0.493 e. The molecule has 2 rings (SSSR count). The van der Waals surface area contributed by atoms with Gasteiger partial charge in [0.15, 0.2) is 0 Å². The molecule has 5 heteroatoms. The van der Waals surface area contributed by atoms with Crippen molar-refractivity contribution in [3.63, 3.8) is 0 Å². The van der Waals surface area contributed by atoms with E-state index in [1.165, 1.54) is 4.68 Å². The van der Waals surface area contributed by atoms with Gasteiger partial charge in [-0.3, -0.25) is 4.79 Å². The molecule has 2 N–H and O–H groups in total. The fourth-order valence-electron chi connectivity index (χ4n) is 2.05. The first-order valence-corrected chi connectivity index (χ1v) is 7.62. The minimum atomic E-state index is -0.234. The highest BCUT2D eigenvalue weighted by atomic mass is 16.5. The van der Waals surface area contributed by atoms with Gasteiger partial charge < -0.3 is 10.5 Å². The monoisotopic (exact) mass is 301 g/mol. The van der Waals surface area contributed by atoms with Gasteiger partial charge in [-0.2, -0.15) is 5.10 Å². The Labute approximate surface area is 130 Å². The third-order valence-corrected chi connectivity index (χ3v) is 3.17. The van der Waals surface area contributed by atoms with Gasteiger partial charge in [0, 0.05) is 12.1 Å². The minimum Gasteiger partial charge on any atom is -0.493 e. The van der Waals surface area contributed by atoms with E-state index in [4.69, 9.17) is 10.5 Å². The molecule has 0 aliphatic carbocycles. The van der Waals surface area contributed by atoms with E-state index in [1.54, 1.807) is 6.07 Å². The van der Waals surface area contributed by atoms with Crippen molar-refractivity contribution in [2.45, 2.75) is 33.7 Å². The highest BCUT2D eigenvalue weighted by molar-refractivity contribution is 5.62. The Hall–Kier alpha value is -2.30. The van der Waals surface area contributed by atoms with E-state index in [0.717, 1.165) is 17.7 Å². The summed E-state index contributed by atoms with van der Waals surface area (Å²) < 4.78 is 7.09. The van der Waals surface area contributed by atoms with Crippen LogP contribution in [-0.2, 0) is 6.54 Å². The third kappa shape index (κ3) is 3.87. The van der Waals surface area contributed by atoms with Crippen LogP contribution in [0.4, 0.5) is 5.69 Å². The van der Waals surface area contributed by atoms with E-state index in [9.17, 15) is 4.79 Å². The molecule has 0 atom stereocenters. The molecule has 5 nitrogen and oxygen atoms in total. The maximum Gasteiger partial charge on any atom is 0.289 e. The van der Waals surface area contributed by atoms with Crippen molar-refractivity contribution in [2.75, 3.05) is 12.3 Å². The summed E-state index contributed by atoms with van der Waals surface area (Å²) >= 11 is 0. The molecule has 0 fully saturated rings. The van der Waals surface area contributed by atoms with Crippen molar-refractivity contribution in [2.24, 2.45) is 5.92 Å². The molecule has 0 saturated heterocycles. The molecule has 1 heterocycles. The van der Waals surface area contributed by atoms with Crippen LogP contribution in [0.1, 0.15) is 27.2 Å². The number of ether oxygens (including phenoxy) is 1. The zero-order valence-corrected chi connectivity index (χ0v) is 13.4. The second-order valence-corrected chi connectivity index (χ2v) is 5.74. The first kappa shape index (κ1) is 16.1. The second-order valence-electron chi connectivity index (χ2n) is 5.74. The Bertz CT molecular complexity index is 675. The Morgan fingerprint density at radius 1 is 1.27 bits per heavy atom. The van der Waals surface area contributed by atoms with Crippen LogP contribution in [0.5, 0.6) is 5.75 Å².